The molecule has 0 amide bonds. The van der Waals surface area contributed by atoms with Gasteiger partial charge in [-0.05, 0) is 41.3 Å². The summed E-state index contributed by atoms with van der Waals surface area (Å²) >= 11 is 0. The lowest BCUT2D eigenvalue weighted by molar-refractivity contribution is 0.475. The Balaban J connectivity index is 1.93. The summed E-state index contributed by atoms with van der Waals surface area (Å²) in [6, 6.07) is 13.3. The fourth-order valence-corrected chi connectivity index (χ4v) is 3.44. The molecule has 2 heterocycles. The number of rotatable bonds is 3. The summed E-state index contributed by atoms with van der Waals surface area (Å²) < 4.78 is 1.82. The molecule has 4 aromatic rings. The molecule has 0 saturated carbocycles. The first-order valence-electron chi connectivity index (χ1n) is 8.57. The van der Waals surface area contributed by atoms with Crippen LogP contribution in [0.15, 0.2) is 54.9 Å². The average Bonchev–Trinajstić information content (AvgIpc) is 3.01. The predicted molar refractivity (Wildman–Crippen MR) is 105 cm³/mol. The van der Waals surface area contributed by atoms with Crippen molar-refractivity contribution in [2.24, 2.45) is 7.05 Å². The maximum atomic E-state index is 9.58. The lowest BCUT2D eigenvalue weighted by Crippen LogP contribution is -2.01. The first-order valence-corrected chi connectivity index (χ1v) is 8.57. The number of hydrogen-bond donors (Lipinski definition) is 2. The molecule has 3 N–H and O–H groups in total. The minimum absolute atomic E-state index is 0.232. The van der Waals surface area contributed by atoms with Gasteiger partial charge in [-0.15, -0.1) is 0 Å². The number of fused-ring (bicyclic) bond motifs is 1. The molecule has 0 fully saturated rings. The number of aromatic hydroxyl groups is 1. The minimum atomic E-state index is 0.232. The Hall–Kier alpha value is -3.34. The van der Waals surface area contributed by atoms with Gasteiger partial charge >= 0.3 is 0 Å². The third-order valence-electron chi connectivity index (χ3n) is 4.66. The molecule has 0 spiro atoms. The molecule has 2 aromatic heterocycles. The molecule has 0 unspecified atom stereocenters. The number of anilines is 1. The number of pyridine rings is 1. The average molecular weight is 344 g/mol. The number of nitrogen functional groups attached to an aromatic ring is 1. The molecule has 4 rings (SSSR count). The number of aromatic nitrogens is 3. The molecule has 0 saturated heterocycles. The fourth-order valence-electron chi connectivity index (χ4n) is 3.44. The van der Waals surface area contributed by atoms with Crippen molar-refractivity contribution in [2.75, 3.05) is 5.73 Å². The Morgan fingerprint density at radius 2 is 1.81 bits per heavy atom. The number of hydrogen-bond acceptors (Lipinski definition) is 4. The fraction of sp³-hybridized carbons (Fsp3) is 0.143. The van der Waals surface area contributed by atoms with Crippen molar-refractivity contribution < 1.29 is 5.11 Å². The Bertz CT molecular complexity index is 1100. The zero-order valence-electron chi connectivity index (χ0n) is 14.8. The predicted octanol–water partition coefficient (Wildman–Crippen LogP) is 4.15. The number of benzene rings is 2. The van der Waals surface area contributed by atoms with Crippen LogP contribution in [0.1, 0.15) is 12.5 Å². The highest BCUT2D eigenvalue weighted by Gasteiger charge is 2.16. The van der Waals surface area contributed by atoms with E-state index in [1.807, 2.05) is 36.3 Å². The molecule has 26 heavy (non-hydrogen) atoms. The van der Waals surface area contributed by atoms with Gasteiger partial charge in [-0.3, -0.25) is 4.68 Å². The molecular formula is C21H20N4O. The molecule has 0 radical (unpaired) electrons. The van der Waals surface area contributed by atoms with E-state index in [2.05, 4.69) is 35.2 Å². The van der Waals surface area contributed by atoms with Crippen molar-refractivity contribution in [3.05, 3.63) is 60.4 Å². The third-order valence-corrected chi connectivity index (χ3v) is 4.66. The van der Waals surface area contributed by atoms with Gasteiger partial charge < -0.3 is 10.8 Å². The van der Waals surface area contributed by atoms with Gasteiger partial charge in [-0.2, -0.15) is 5.10 Å². The quantitative estimate of drug-likeness (QED) is 0.585. The van der Waals surface area contributed by atoms with E-state index in [-0.39, 0.29) is 5.75 Å². The lowest BCUT2D eigenvalue weighted by atomic mass is 9.91. The van der Waals surface area contributed by atoms with E-state index < -0.39 is 0 Å². The van der Waals surface area contributed by atoms with Gasteiger partial charge in [0.05, 0.1) is 5.52 Å². The molecule has 0 aliphatic rings. The number of nitrogens with zero attached hydrogens (tertiary/aromatic N) is 3. The zero-order valence-corrected chi connectivity index (χ0v) is 14.8. The van der Waals surface area contributed by atoms with Gasteiger partial charge in [0.15, 0.2) is 0 Å². The number of nitrogens with two attached hydrogens (primary N) is 1. The molecule has 0 aliphatic heterocycles. The number of phenols is 1. The van der Waals surface area contributed by atoms with Crippen LogP contribution in [0.2, 0.25) is 0 Å². The van der Waals surface area contributed by atoms with E-state index >= 15 is 0 Å². The molecule has 0 bridgehead atoms. The summed E-state index contributed by atoms with van der Waals surface area (Å²) in [7, 11) is 1.92. The highest BCUT2D eigenvalue weighted by atomic mass is 16.3. The maximum Gasteiger partial charge on any atom is 0.131 e. The van der Waals surface area contributed by atoms with Crippen LogP contribution in [-0.4, -0.2) is 19.9 Å². The van der Waals surface area contributed by atoms with E-state index in [4.69, 9.17) is 5.73 Å². The summed E-state index contributed by atoms with van der Waals surface area (Å²) in [4.78, 5) is 4.44. The van der Waals surface area contributed by atoms with Gasteiger partial charge in [0.25, 0.3) is 0 Å². The summed E-state index contributed by atoms with van der Waals surface area (Å²) in [5.41, 5.74) is 12.3. The summed E-state index contributed by atoms with van der Waals surface area (Å²) in [5, 5.41) is 15.2. The Kier molecular flexibility index (Phi) is 3.84. The van der Waals surface area contributed by atoms with Crippen molar-refractivity contribution in [3.8, 4) is 28.0 Å². The normalized spacial score (nSPS) is 11.2. The summed E-state index contributed by atoms with van der Waals surface area (Å²) in [6.07, 6.45) is 4.66. The number of aryl methyl sites for hydroxylation is 1. The smallest absolute Gasteiger partial charge is 0.131 e. The molecular weight excluding hydrogens is 324 g/mol. The van der Waals surface area contributed by atoms with Gasteiger partial charge in [-0.25, -0.2) is 4.98 Å². The zero-order chi connectivity index (χ0) is 18.3. The maximum absolute atomic E-state index is 9.58. The van der Waals surface area contributed by atoms with Crippen molar-refractivity contribution in [2.45, 2.75) is 13.3 Å². The van der Waals surface area contributed by atoms with Gasteiger partial charge in [0, 0.05) is 36.0 Å². The molecule has 0 atom stereocenters. The molecule has 2 aromatic carbocycles. The SMILES string of the molecule is CCc1c(-c2ccc3cn(C)nc3c2)cnc(N)c1-c1ccc(O)cc1. The third kappa shape index (κ3) is 2.67. The van der Waals surface area contributed by atoms with Crippen LogP contribution in [0.3, 0.4) is 0 Å². The molecule has 130 valence electrons. The Morgan fingerprint density at radius 3 is 2.54 bits per heavy atom. The molecule has 0 aliphatic carbocycles. The van der Waals surface area contributed by atoms with Crippen molar-refractivity contribution >= 4 is 16.7 Å². The first-order chi connectivity index (χ1) is 12.6. The highest BCUT2D eigenvalue weighted by molar-refractivity contribution is 5.88. The molecule has 5 heteroatoms. The van der Waals surface area contributed by atoms with E-state index in [1.54, 1.807) is 12.1 Å². The monoisotopic (exact) mass is 344 g/mol. The Labute approximate surface area is 151 Å². The van der Waals surface area contributed by atoms with Gasteiger partial charge in [-0.1, -0.05) is 31.2 Å². The van der Waals surface area contributed by atoms with Gasteiger partial charge in [0.1, 0.15) is 11.6 Å². The largest absolute Gasteiger partial charge is 0.508 e. The van der Waals surface area contributed by atoms with E-state index in [0.717, 1.165) is 45.1 Å². The van der Waals surface area contributed by atoms with Crippen molar-refractivity contribution in [3.63, 3.8) is 0 Å². The lowest BCUT2D eigenvalue weighted by Gasteiger charge is -2.16. The first kappa shape index (κ1) is 16.1. The topological polar surface area (TPSA) is 77.0 Å². The van der Waals surface area contributed by atoms with Crippen molar-refractivity contribution in [1.82, 2.24) is 14.8 Å². The van der Waals surface area contributed by atoms with Crippen LogP contribution in [0, 0.1) is 0 Å². The second kappa shape index (κ2) is 6.19. The standard InChI is InChI=1S/C21H20N4O/c1-3-17-18(14-4-5-15-12-25(2)24-19(15)10-14)11-23-21(22)20(17)13-6-8-16(26)9-7-13/h4-12,26H,3H2,1-2H3,(H2,22,23). The van der Waals surface area contributed by atoms with E-state index in [1.165, 1.54) is 0 Å². The molecule has 5 nitrogen and oxygen atoms in total. The van der Waals surface area contributed by atoms with Gasteiger partial charge in [0.2, 0.25) is 0 Å². The van der Waals surface area contributed by atoms with Crippen LogP contribution in [0.25, 0.3) is 33.2 Å². The van der Waals surface area contributed by atoms with Crippen LogP contribution < -0.4 is 5.73 Å². The van der Waals surface area contributed by atoms with Crippen LogP contribution in [-0.2, 0) is 13.5 Å². The Morgan fingerprint density at radius 1 is 1.08 bits per heavy atom. The summed E-state index contributed by atoms with van der Waals surface area (Å²) in [6.45, 7) is 2.11. The number of phenolic OH excluding ortho intramolecular Hbond substituents is 1. The minimum Gasteiger partial charge on any atom is -0.508 e. The van der Waals surface area contributed by atoms with Crippen molar-refractivity contribution in [1.29, 1.82) is 0 Å². The van der Waals surface area contributed by atoms with Crippen LogP contribution >= 0.6 is 0 Å². The second-order valence-corrected chi connectivity index (χ2v) is 6.39. The van der Waals surface area contributed by atoms with Crippen LogP contribution in [0.5, 0.6) is 5.75 Å². The second-order valence-electron chi connectivity index (χ2n) is 6.39. The summed E-state index contributed by atoms with van der Waals surface area (Å²) in [5.74, 6) is 0.727. The van der Waals surface area contributed by atoms with E-state index in [9.17, 15) is 5.11 Å². The van der Waals surface area contributed by atoms with E-state index in [0.29, 0.717) is 5.82 Å². The highest BCUT2D eigenvalue weighted by Crippen LogP contribution is 2.36. The van der Waals surface area contributed by atoms with Crippen LogP contribution in [0.4, 0.5) is 5.82 Å².